The van der Waals surface area contributed by atoms with Gasteiger partial charge < -0.3 is 9.64 Å². The van der Waals surface area contributed by atoms with Gasteiger partial charge in [0.25, 0.3) is 0 Å². The van der Waals surface area contributed by atoms with E-state index in [1.54, 1.807) is 7.11 Å². The standard InChI is InChI=1S/C18H22N2O5S2/c1-25-18-9-4-3-8-17(18)19-10-12-20(13-11-19)27(23,24)16-7-5-6-15(14-16)26(2,21)22/h3-9,14H,10-13H2,1-2H3. The summed E-state index contributed by atoms with van der Waals surface area (Å²) in [4.78, 5) is 2.07. The third-order valence-corrected chi connectivity index (χ3v) is 7.54. The van der Waals surface area contributed by atoms with E-state index in [9.17, 15) is 16.8 Å². The number of benzene rings is 2. The Balaban J connectivity index is 1.79. The molecule has 146 valence electrons. The van der Waals surface area contributed by atoms with Crippen molar-refractivity contribution in [3.05, 3.63) is 48.5 Å². The van der Waals surface area contributed by atoms with Crippen LogP contribution in [0.25, 0.3) is 0 Å². The van der Waals surface area contributed by atoms with Crippen LogP contribution in [0.3, 0.4) is 0 Å². The SMILES string of the molecule is COc1ccccc1N1CCN(S(=O)(=O)c2cccc(S(C)(=O)=O)c2)CC1. The fraction of sp³-hybridized carbons (Fsp3) is 0.333. The number of piperazine rings is 1. The maximum Gasteiger partial charge on any atom is 0.243 e. The van der Waals surface area contributed by atoms with Crippen molar-refractivity contribution in [2.24, 2.45) is 0 Å². The molecule has 1 aliphatic heterocycles. The number of para-hydroxylation sites is 2. The van der Waals surface area contributed by atoms with Gasteiger partial charge in [-0.2, -0.15) is 4.31 Å². The summed E-state index contributed by atoms with van der Waals surface area (Å²) >= 11 is 0. The van der Waals surface area contributed by atoms with E-state index in [0.29, 0.717) is 26.2 Å². The highest BCUT2D eigenvalue weighted by Gasteiger charge is 2.29. The van der Waals surface area contributed by atoms with E-state index in [4.69, 9.17) is 4.74 Å². The number of hydrogen-bond donors (Lipinski definition) is 0. The van der Waals surface area contributed by atoms with E-state index >= 15 is 0 Å². The molecule has 2 aromatic rings. The molecule has 0 N–H and O–H groups in total. The molecule has 0 saturated carbocycles. The minimum atomic E-state index is -3.76. The van der Waals surface area contributed by atoms with Crippen LogP contribution in [-0.4, -0.2) is 60.7 Å². The Morgan fingerprint density at radius 2 is 1.48 bits per heavy atom. The van der Waals surface area contributed by atoms with E-state index in [1.165, 1.54) is 28.6 Å². The van der Waals surface area contributed by atoms with Crippen LogP contribution in [0.5, 0.6) is 5.75 Å². The van der Waals surface area contributed by atoms with Crippen LogP contribution in [0.1, 0.15) is 0 Å². The van der Waals surface area contributed by atoms with Crippen molar-refractivity contribution in [3.63, 3.8) is 0 Å². The normalized spacial score (nSPS) is 16.3. The van der Waals surface area contributed by atoms with Crippen molar-refractivity contribution in [3.8, 4) is 5.75 Å². The maximum atomic E-state index is 12.9. The van der Waals surface area contributed by atoms with Crippen molar-refractivity contribution >= 4 is 25.5 Å². The fourth-order valence-electron chi connectivity index (χ4n) is 3.07. The van der Waals surface area contributed by atoms with Gasteiger partial charge in [-0.05, 0) is 30.3 Å². The number of anilines is 1. The van der Waals surface area contributed by atoms with Gasteiger partial charge in [-0.25, -0.2) is 16.8 Å². The van der Waals surface area contributed by atoms with Gasteiger partial charge in [0.05, 0.1) is 22.6 Å². The first-order valence-electron chi connectivity index (χ1n) is 8.42. The van der Waals surface area contributed by atoms with E-state index in [0.717, 1.165) is 17.7 Å². The van der Waals surface area contributed by atoms with Crippen molar-refractivity contribution in [1.29, 1.82) is 0 Å². The molecule has 1 aliphatic rings. The Morgan fingerprint density at radius 1 is 0.852 bits per heavy atom. The van der Waals surface area contributed by atoms with Gasteiger partial charge in [0, 0.05) is 32.4 Å². The van der Waals surface area contributed by atoms with Crippen molar-refractivity contribution in [1.82, 2.24) is 4.31 Å². The number of nitrogens with zero attached hydrogens (tertiary/aromatic N) is 2. The van der Waals surface area contributed by atoms with E-state index in [1.807, 2.05) is 24.3 Å². The average molecular weight is 411 g/mol. The lowest BCUT2D eigenvalue weighted by atomic mass is 10.2. The topological polar surface area (TPSA) is 84.0 Å². The number of rotatable bonds is 5. The van der Waals surface area contributed by atoms with Gasteiger partial charge in [0.1, 0.15) is 5.75 Å². The zero-order valence-electron chi connectivity index (χ0n) is 15.2. The molecule has 0 aliphatic carbocycles. The monoisotopic (exact) mass is 410 g/mol. The zero-order valence-corrected chi connectivity index (χ0v) is 16.8. The molecule has 0 aromatic heterocycles. The lowest BCUT2D eigenvalue weighted by molar-refractivity contribution is 0.378. The molecule has 7 nitrogen and oxygen atoms in total. The van der Waals surface area contributed by atoms with Crippen molar-refractivity contribution < 1.29 is 21.6 Å². The third-order valence-electron chi connectivity index (χ3n) is 4.54. The zero-order chi connectivity index (χ0) is 19.7. The lowest BCUT2D eigenvalue weighted by Gasteiger charge is -2.35. The van der Waals surface area contributed by atoms with Gasteiger partial charge in [-0.1, -0.05) is 18.2 Å². The Kier molecular flexibility index (Phi) is 5.45. The number of sulfone groups is 1. The molecule has 0 radical (unpaired) electrons. The van der Waals surface area contributed by atoms with E-state index in [2.05, 4.69) is 4.90 Å². The van der Waals surface area contributed by atoms with Gasteiger partial charge in [-0.3, -0.25) is 0 Å². The first-order valence-corrected chi connectivity index (χ1v) is 11.7. The summed E-state index contributed by atoms with van der Waals surface area (Å²) in [5, 5.41) is 0. The molecule has 2 aromatic carbocycles. The molecular weight excluding hydrogens is 388 g/mol. The van der Waals surface area contributed by atoms with Crippen LogP contribution < -0.4 is 9.64 Å². The number of hydrogen-bond acceptors (Lipinski definition) is 6. The van der Waals surface area contributed by atoms with Crippen LogP contribution in [0.2, 0.25) is 0 Å². The molecule has 0 spiro atoms. The smallest absolute Gasteiger partial charge is 0.243 e. The molecule has 3 rings (SSSR count). The maximum absolute atomic E-state index is 12.9. The predicted molar refractivity (Wildman–Crippen MR) is 104 cm³/mol. The summed E-state index contributed by atoms with van der Waals surface area (Å²) in [7, 11) is -5.62. The molecule has 0 bridgehead atoms. The first-order chi connectivity index (χ1) is 12.7. The summed E-state index contributed by atoms with van der Waals surface area (Å²) < 4.78 is 56.1. The molecule has 1 saturated heterocycles. The minimum absolute atomic E-state index is 0.00349. The number of sulfonamides is 1. The highest BCUT2D eigenvalue weighted by molar-refractivity contribution is 7.91. The summed E-state index contributed by atoms with van der Waals surface area (Å²) in [5.41, 5.74) is 0.927. The van der Waals surface area contributed by atoms with E-state index < -0.39 is 19.9 Å². The molecule has 9 heteroatoms. The molecule has 0 atom stereocenters. The fourth-order valence-corrected chi connectivity index (χ4v) is 5.28. The summed E-state index contributed by atoms with van der Waals surface area (Å²) in [5.74, 6) is 0.745. The van der Waals surface area contributed by atoms with E-state index in [-0.39, 0.29) is 9.79 Å². The highest BCUT2D eigenvalue weighted by Crippen LogP contribution is 2.29. The van der Waals surface area contributed by atoms with Crippen LogP contribution in [0.4, 0.5) is 5.69 Å². The molecule has 27 heavy (non-hydrogen) atoms. The number of ether oxygens (including phenoxy) is 1. The largest absolute Gasteiger partial charge is 0.495 e. The van der Waals surface area contributed by atoms with Crippen molar-refractivity contribution in [2.45, 2.75) is 9.79 Å². The van der Waals surface area contributed by atoms with Gasteiger partial charge in [-0.15, -0.1) is 0 Å². The minimum Gasteiger partial charge on any atom is -0.495 e. The van der Waals surface area contributed by atoms with Gasteiger partial charge in [0.15, 0.2) is 9.84 Å². The highest BCUT2D eigenvalue weighted by atomic mass is 32.2. The predicted octanol–water partition coefficient (Wildman–Crippen LogP) is 1.61. The second-order valence-corrected chi connectivity index (χ2v) is 10.3. The summed E-state index contributed by atoms with van der Waals surface area (Å²) in [6.07, 6.45) is 1.06. The number of methoxy groups -OCH3 is 1. The molecule has 0 amide bonds. The van der Waals surface area contributed by atoms with Crippen LogP contribution in [-0.2, 0) is 19.9 Å². The Hall–Kier alpha value is -2.10. The Labute approximate surface area is 160 Å². The van der Waals surface area contributed by atoms with Gasteiger partial charge >= 0.3 is 0 Å². The van der Waals surface area contributed by atoms with Crippen molar-refractivity contribution in [2.75, 3.05) is 44.4 Å². The summed E-state index contributed by atoms with van der Waals surface area (Å²) in [6.45, 7) is 1.66. The second-order valence-electron chi connectivity index (χ2n) is 6.31. The first kappa shape index (κ1) is 19.7. The lowest BCUT2D eigenvalue weighted by Crippen LogP contribution is -2.48. The van der Waals surface area contributed by atoms with Crippen LogP contribution >= 0.6 is 0 Å². The average Bonchev–Trinajstić information content (AvgIpc) is 2.67. The third kappa shape index (κ3) is 4.10. The van der Waals surface area contributed by atoms with Crippen LogP contribution in [0.15, 0.2) is 58.3 Å². The second kappa shape index (κ2) is 7.49. The quantitative estimate of drug-likeness (QED) is 0.745. The summed E-state index contributed by atoms with van der Waals surface area (Å²) in [6, 6.07) is 13.1. The molecule has 1 fully saturated rings. The molecule has 0 unspecified atom stereocenters. The molecule has 1 heterocycles. The van der Waals surface area contributed by atoms with Gasteiger partial charge in [0.2, 0.25) is 10.0 Å². The Morgan fingerprint density at radius 3 is 2.11 bits per heavy atom. The molecular formula is C18H22N2O5S2. The van der Waals surface area contributed by atoms with Crippen LogP contribution in [0, 0.1) is 0 Å². The Bertz CT molecular complexity index is 1030.